The summed E-state index contributed by atoms with van der Waals surface area (Å²) in [7, 11) is -1.23. The van der Waals surface area contributed by atoms with Gasteiger partial charge < -0.3 is 4.74 Å². The van der Waals surface area contributed by atoms with Gasteiger partial charge >= 0.3 is 5.97 Å². The van der Waals surface area contributed by atoms with E-state index in [9.17, 15) is 13.2 Å². The fourth-order valence-corrected chi connectivity index (χ4v) is 2.66. The van der Waals surface area contributed by atoms with E-state index >= 15 is 0 Å². The van der Waals surface area contributed by atoms with Crippen LogP contribution in [-0.4, -0.2) is 21.5 Å². The third kappa shape index (κ3) is 3.05. The molecular weight excluding hydrogens is 296 g/mol. The summed E-state index contributed by atoms with van der Waals surface area (Å²) in [6, 6.07) is 3.25. The Balaban J connectivity index is 3.26. The van der Waals surface area contributed by atoms with Crippen molar-refractivity contribution in [3.63, 3.8) is 0 Å². The van der Waals surface area contributed by atoms with Crippen molar-refractivity contribution in [1.29, 1.82) is 0 Å². The summed E-state index contributed by atoms with van der Waals surface area (Å²) < 4.78 is 26.6. The third-order valence-corrected chi connectivity index (χ3v) is 3.44. The average molecular weight is 307 g/mol. The van der Waals surface area contributed by atoms with Gasteiger partial charge in [-0.3, -0.25) is 0 Å². The Kier molecular flexibility index (Phi) is 4.49. The average Bonchev–Trinajstić information content (AvgIpc) is 2.20. The number of thiol groups is 1. The van der Waals surface area contributed by atoms with Crippen LogP contribution in [0.1, 0.15) is 21.5 Å². The Labute approximate surface area is 104 Å². The molecule has 0 saturated heterocycles. The summed E-state index contributed by atoms with van der Waals surface area (Å²) in [4.78, 5) is 11.4. The highest BCUT2D eigenvalue weighted by Gasteiger charge is 2.13. The van der Waals surface area contributed by atoms with Gasteiger partial charge in [-0.1, -0.05) is 15.9 Å². The lowest BCUT2D eigenvalue weighted by molar-refractivity contribution is 0.0599. The first-order valence-corrected chi connectivity index (χ1v) is 6.60. The van der Waals surface area contributed by atoms with E-state index < -0.39 is 16.7 Å². The number of hydrogen-bond donors (Lipinski definition) is 1. The number of hydrogen-bond acceptors (Lipinski definition) is 4. The molecule has 1 rings (SSSR count). The van der Waals surface area contributed by atoms with Crippen LogP contribution in [0.5, 0.6) is 0 Å². The van der Waals surface area contributed by atoms with Crippen molar-refractivity contribution < 1.29 is 17.9 Å². The molecule has 6 heteroatoms. The summed E-state index contributed by atoms with van der Waals surface area (Å²) >= 11 is 3.26. The Bertz CT molecular complexity index is 486. The molecule has 0 radical (unpaired) electrons. The van der Waals surface area contributed by atoms with E-state index in [2.05, 4.69) is 20.7 Å². The minimum absolute atomic E-state index is 0.0970. The number of carbonyl (C=O) groups is 1. The molecular formula is C10H11BrO4S. The van der Waals surface area contributed by atoms with Crippen molar-refractivity contribution in [3.8, 4) is 0 Å². The van der Waals surface area contributed by atoms with Gasteiger partial charge in [0.25, 0.3) is 0 Å². The lowest BCUT2D eigenvalue weighted by Gasteiger charge is -2.07. The summed E-state index contributed by atoms with van der Waals surface area (Å²) in [6.07, 6.45) is 0. The number of halogens is 1. The molecule has 88 valence electrons. The zero-order valence-corrected chi connectivity index (χ0v) is 11.3. The number of esters is 1. The summed E-state index contributed by atoms with van der Waals surface area (Å²) in [5.74, 6) is -0.562. The van der Waals surface area contributed by atoms with Gasteiger partial charge in [-0.15, -0.1) is 0 Å². The van der Waals surface area contributed by atoms with E-state index in [0.29, 0.717) is 15.6 Å². The van der Waals surface area contributed by atoms with Gasteiger partial charge in [0.15, 0.2) is 0 Å². The summed E-state index contributed by atoms with van der Waals surface area (Å²) in [5.41, 5.74) is 1.68. The van der Waals surface area contributed by atoms with Crippen LogP contribution in [0.4, 0.5) is 0 Å². The fourth-order valence-electron chi connectivity index (χ4n) is 1.31. The second-order valence-electron chi connectivity index (χ2n) is 3.24. The molecule has 0 heterocycles. The molecule has 0 aliphatic heterocycles. The zero-order chi connectivity index (χ0) is 12.3. The SMILES string of the molecule is COC(=O)c1cc(C[SH](=O)=O)c(Br)cc1C. The van der Waals surface area contributed by atoms with Gasteiger partial charge in [-0.25, -0.2) is 13.2 Å². The zero-order valence-electron chi connectivity index (χ0n) is 8.82. The van der Waals surface area contributed by atoms with Crippen LogP contribution in [0.15, 0.2) is 16.6 Å². The number of rotatable bonds is 3. The molecule has 16 heavy (non-hydrogen) atoms. The topological polar surface area (TPSA) is 60.4 Å². The first kappa shape index (κ1) is 13.2. The van der Waals surface area contributed by atoms with Crippen LogP contribution in [0.2, 0.25) is 0 Å². The number of benzene rings is 1. The van der Waals surface area contributed by atoms with E-state index in [1.165, 1.54) is 13.2 Å². The molecule has 0 fully saturated rings. The Morgan fingerprint density at radius 2 is 2.06 bits per heavy atom. The maximum atomic E-state index is 11.4. The standard InChI is InChI=1S/C10H11BrO4S/c1-6-3-9(11)7(5-16(13)14)4-8(6)10(12)15-2/h3-4,16H,5H2,1-2H3. The minimum Gasteiger partial charge on any atom is -0.465 e. The number of methoxy groups -OCH3 is 1. The summed E-state index contributed by atoms with van der Waals surface area (Å²) in [6.45, 7) is 1.76. The van der Waals surface area contributed by atoms with E-state index in [-0.39, 0.29) is 5.75 Å². The van der Waals surface area contributed by atoms with Crippen molar-refractivity contribution in [1.82, 2.24) is 0 Å². The Morgan fingerprint density at radius 3 is 2.56 bits per heavy atom. The molecule has 4 nitrogen and oxygen atoms in total. The monoisotopic (exact) mass is 306 g/mol. The molecule has 0 unspecified atom stereocenters. The molecule has 1 aromatic rings. The molecule has 0 atom stereocenters. The molecule has 0 aromatic heterocycles. The second-order valence-corrected chi connectivity index (χ2v) is 5.08. The number of carbonyl (C=O) groups excluding carboxylic acids is 1. The van der Waals surface area contributed by atoms with Crippen molar-refractivity contribution in [2.45, 2.75) is 12.7 Å². The first-order chi connectivity index (χ1) is 7.45. The largest absolute Gasteiger partial charge is 0.465 e. The fraction of sp³-hybridized carbons (Fsp3) is 0.300. The molecule has 0 spiro atoms. The molecule has 0 N–H and O–H groups in total. The highest BCUT2D eigenvalue weighted by Crippen LogP contribution is 2.23. The molecule has 1 aromatic carbocycles. The highest BCUT2D eigenvalue weighted by atomic mass is 79.9. The lowest BCUT2D eigenvalue weighted by Crippen LogP contribution is -2.05. The van der Waals surface area contributed by atoms with Gasteiger partial charge in [-0.05, 0) is 30.2 Å². The van der Waals surface area contributed by atoms with Crippen LogP contribution in [0.25, 0.3) is 0 Å². The van der Waals surface area contributed by atoms with Gasteiger partial charge in [-0.2, -0.15) is 0 Å². The highest BCUT2D eigenvalue weighted by molar-refractivity contribution is 9.10. The normalized spacial score (nSPS) is 10.5. The van der Waals surface area contributed by atoms with Crippen molar-refractivity contribution in [2.75, 3.05) is 7.11 Å². The predicted octanol–water partition coefficient (Wildman–Crippen LogP) is 1.66. The van der Waals surface area contributed by atoms with Crippen LogP contribution < -0.4 is 0 Å². The quantitative estimate of drug-likeness (QED) is 0.681. The van der Waals surface area contributed by atoms with E-state index in [1.807, 2.05) is 0 Å². The molecule has 0 bridgehead atoms. The summed E-state index contributed by atoms with van der Waals surface area (Å²) in [5, 5.41) is 0. The molecule has 0 aliphatic rings. The Morgan fingerprint density at radius 1 is 1.44 bits per heavy atom. The minimum atomic E-state index is -2.52. The Hall–Kier alpha value is -0.880. The van der Waals surface area contributed by atoms with Gasteiger partial charge in [0.05, 0.1) is 18.4 Å². The third-order valence-electron chi connectivity index (χ3n) is 2.10. The van der Waals surface area contributed by atoms with Crippen molar-refractivity contribution in [2.24, 2.45) is 0 Å². The van der Waals surface area contributed by atoms with Gasteiger partial charge in [0.2, 0.25) is 0 Å². The smallest absolute Gasteiger partial charge is 0.338 e. The van der Waals surface area contributed by atoms with Crippen LogP contribution in [0, 0.1) is 6.92 Å². The van der Waals surface area contributed by atoms with E-state index in [0.717, 1.165) is 5.56 Å². The number of ether oxygens (including phenoxy) is 1. The predicted molar refractivity (Wildman–Crippen MR) is 64.2 cm³/mol. The van der Waals surface area contributed by atoms with Crippen molar-refractivity contribution >= 4 is 32.6 Å². The molecule has 0 saturated carbocycles. The van der Waals surface area contributed by atoms with E-state index in [4.69, 9.17) is 0 Å². The van der Waals surface area contributed by atoms with E-state index in [1.54, 1.807) is 13.0 Å². The lowest BCUT2D eigenvalue weighted by atomic mass is 10.1. The molecule has 0 amide bonds. The second kappa shape index (κ2) is 5.45. The molecule has 0 aliphatic carbocycles. The van der Waals surface area contributed by atoms with Gasteiger partial charge in [0, 0.05) is 4.47 Å². The number of aryl methyl sites for hydroxylation is 1. The maximum Gasteiger partial charge on any atom is 0.338 e. The van der Waals surface area contributed by atoms with Crippen LogP contribution in [0.3, 0.4) is 0 Å². The maximum absolute atomic E-state index is 11.4. The van der Waals surface area contributed by atoms with Gasteiger partial charge in [0.1, 0.15) is 10.7 Å². The van der Waals surface area contributed by atoms with Crippen molar-refractivity contribution in [3.05, 3.63) is 33.3 Å². The first-order valence-electron chi connectivity index (χ1n) is 4.45. The van der Waals surface area contributed by atoms with Crippen LogP contribution in [-0.2, 0) is 21.2 Å². The van der Waals surface area contributed by atoms with Crippen LogP contribution >= 0.6 is 15.9 Å².